The van der Waals surface area contributed by atoms with Gasteiger partial charge < -0.3 is 14.7 Å². The van der Waals surface area contributed by atoms with Gasteiger partial charge in [0, 0.05) is 45.0 Å². The van der Waals surface area contributed by atoms with E-state index in [1.54, 1.807) is 11.3 Å². The van der Waals surface area contributed by atoms with Crippen LogP contribution in [0.25, 0.3) is 9.53 Å². The van der Waals surface area contributed by atoms with Gasteiger partial charge in [0.15, 0.2) is 5.13 Å². The lowest BCUT2D eigenvalue weighted by Crippen LogP contribution is -2.34. The van der Waals surface area contributed by atoms with Crippen molar-refractivity contribution in [1.82, 2.24) is 9.88 Å². The predicted octanol–water partition coefficient (Wildman–Crippen LogP) is 4.43. The number of amides is 1. The fourth-order valence-electron chi connectivity index (χ4n) is 3.74. The molecule has 0 bridgehead atoms. The van der Waals surface area contributed by atoms with Crippen molar-refractivity contribution in [2.75, 3.05) is 49.1 Å². The minimum Gasteiger partial charge on any atom is -0.370 e. The van der Waals surface area contributed by atoms with Crippen LogP contribution < -0.4 is 9.80 Å². The van der Waals surface area contributed by atoms with Crippen LogP contribution in [0.3, 0.4) is 0 Å². The maximum Gasteiger partial charge on any atom is 0.264 e. The first kappa shape index (κ1) is 20.6. The molecule has 0 radical (unpaired) electrons. The summed E-state index contributed by atoms with van der Waals surface area (Å²) in [6, 6.07) is 11.8. The second-order valence-electron chi connectivity index (χ2n) is 7.24. The molecule has 3 heterocycles. The number of rotatable bonds is 5. The van der Waals surface area contributed by atoms with Crippen LogP contribution in [0.4, 0.5) is 10.8 Å². The van der Waals surface area contributed by atoms with Gasteiger partial charge in [0.05, 0.1) is 21.2 Å². The second-order valence-corrected chi connectivity index (χ2v) is 9.28. The Balaban J connectivity index is 1.44. The molecule has 0 spiro atoms. The van der Waals surface area contributed by atoms with Gasteiger partial charge in [0.25, 0.3) is 5.91 Å². The Morgan fingerprint density at radius 2 is 1.90 bits per heavy atom. The smallest absolute Gasteiger partial charge is 0.264 e. The zero-order valence-electron chi connectivity index (χ0n) is 17.3. The second kappa shape index (κ2) is 9.02. The number of benzene rings is 1. The molecule has 6 nitrogen and oxygen atoms in total. The maximum atomic E-state index is 13.1. The molecule has 8 heteroatoms. The maximum absolute atomic E-state index is 13.1. The lowest BCUT2D eigenvalue weighted by atomic mass is 10.2. The minimum absolute atomic E-state index is 0.108. The molecule has 0 unspecified atom stereocenters. The van der Waals surface area contributed by atoms with Crippen molar-refractivity contribution in [2.45, 2.75) is 20.3 Å². The number of fused-ring (bicyclic) bond motifs is 1. The Labute approximate surface area is 185 Å². The monoisotopic (exact) mass is 439 g/mol. The summed E-state index contributed by atoms with van der Waals surface area (Å²) in [5.74, 6) is 0.108. The molecule has 3 aromatic rings. The molecule has 30 heavy (non-hydrogen) atoms. The molecule has 0 N–H and O–H groups in total. The van der Waals surface area contributed by atoms with E-state index in [1.165, 1.54) is 11.3 Å². The van der Waals surface area contributed by atoms with Gasteiger partial charge in [-0.05, 0) is 50.6 Å². The zero-order valence-corrected chi connectivity index (χ0v) is 18.9. The fraction of sp³-hybridized carbons (Fsp3) is 0.409. The van der Waals surface area contributed by atoms with E-state index in [0.29, 0.717) is 12.1 Å². The van der Waals surface area contributed by atoms with E-state index < -0.39 is 0 Å². The van der Waals surface area contributed by atoms with Crippen LogP contribution in [0.2, 0.25) is 0 Å². The third-order valence-electron chi connectivity index (χ3n) is 5.47. The molecule has 1 fully saturated rings. The van der Waals surface area contributed by atoms with Gasteiger partial charge in [-0.25, -0.2) is 4.98 Å². The van der Waals surface area contributed by atoms with Crippen molar-refractivity contribution >= 4 is 48.9 Å². The molecule has 1 aliphatic rings. The van der Waals surface area contributed by atoms with Crippen LogP contribution in [0.1, 0.15) is 35.5 Å². The van der Waals surface area contributed by atoms with Crippen LogP contribution in [0, 0.1) is 11.3 Å². The minimum atomic E-state index is 0.108. The van der Waals surface area contributed by atoms with E-state index in [-0.39, 0.29) is 5.91 Å². The Hall–Kier alpha value is -2.63. The quantitative estimate of drug-likeness (QED) is 0.589. The van der Waals surface area contributed by atoms with Crippen LogP contribution in [-0.2, 0) is 0 Å². The summed E-state index contributed by atoms with van der Waals surface area (Å²) >= 11 is 3.17. The highest BCUT2D eigenvalue weighted by atomic mass is 32.1. The molecule has 1 saturated heterocycles. The van der Waals surface area contributed by atoms with Crippen LogP contribution in [0.15, 0.2) is 30.3 Å². The van der Waals surface area contributed by atoms with Crippen LogP contribution in [0.5, 0.6) is 0 Å². The number of anilines is 2. The molecule has 4 rings (SSSR count). The first-order chi connectivity index (χ1) is 14.6. The number of carbonyl (C=O) groups excluding carboxylic acids is 1. The van der Waals surface area contributed by atoms with Gasteiger partial charge in [-0.3, -0.25) is 4.79 Å². The van der Waals surface area contributed by atoms with Gasteiger partial charge in [-0.1, -0.05) is 11.3 Å². The summed E-state index contributed by atoms with van der Waals surface area (Å²) < 4.78 is 1.10. The Morgan fingerprint density at radius 1 is 1.13 bits per heavy atom. The van der Waals surface area contributed by atoms with Crippen molar-refractivity contribution in [3.63, 3.8) is 0 Å². The van der Waals surface area contributed by atoms with Gasteiger partial charge >= 0.3 is 0 Å². The van der Waals surface area contributed by atoms with E-state index in [4.69, 9.17) is 10.2 Å². The molecule has 0 saturated carbocycles. The SMILES string of the molecule is CCN(CC)c1nc2sc(C(=O)N3CCCN(c4ccc(C#N)cc4)CC3)cc2s1. The molecular weight excluding hydrogens is 414 g/mol. The van der Waals surface area contributed by atoms with E-state index in [9.17, 15) is 4.79 Å². The van der Waals surface area contributed by atoms with Gasteiger partial charge in [-0.15, -0.1) is 11.3 Å². The fourth-order valence-corrected chi connectivity index (χ4v) is 6.05. The number of nitriles is 1. The van der Waals surface area contributed by atoms with Crippen LogP contribution >= 0.6 is 22.7 Å². The van der Waals surface area contributed by atoms with Gasteiger partial charge in [0.1, 0.15) is 4.83 Å². The average Bonchev–Trinajstić information content (AvgIpc) is 3.24. The highest BCUT2D eigenvalue weighted by molar-refractivity contribution is 7.29. The van der Waals surface area contributed by atoms with Gasteiger partial charge in [-0.2, -0.15) is 5.26 Å². The van der Waals surface area contributed by atoms with E-state index in [0.717, 1.165) is 64.4 Å². The number of thiophene rings is 1. The summed E-state index contributed by atoms with van der Waals surface area (Å²) in [5.41, 5.74) is 1.77. The summed E-state index contributed by atoms with van der Waals surface area (Å²) in [5, 5.41) is 10.0. The largest absolute Gasteiger partial charge is 0.370 e. The topological polar surface area (TPSA) is 63.5 Å². The molecule has 0 atom stereocenters. The third kappa shape index (κ3) is 4.13. The molecule has 156 valence electrons. The number of nitrogens with zero attached hydrogens (tertiary/aromatic N) is 5. The lowest BCUT2D eigenvalue weighted by molar-refractivity contribution is 0.0772. The first-order valence-corrected chi connectivity index (χ1v) is 12.0. The number of carbonyl (C=O) groups is 1. The Kier molecular flexibility index (Phi) is 6.21. The molecule has 1 aromatic carbocycles. The molecule has 1 aliphatic heterocycles. The van der Waals surface area contributed by atoms with Crippen molar-refractivity contribution in [2.24, 2.45) is 0 Å². The number of hydrogen-bond donors (Lipinski definition) is 0. The predicted molar refractivity (Wildman–Crippen MR) is 125 cm³/mol. The van der Waals surface area contributed by atoms with E-state index >= 15 is 0 Å². The number of aromatic nitrogens is 1. The van der Waals surface area contributed by atoms with Crippen LogP contribution in [-0.4, -0.2) is 55.1 Å². The molecule has 2 aromatic heterocycles. The van der Waals surface area contributed by atoms with Crippen molar-refractivity contribution < 1.29 is 4.79 Å². The summed E-state index contributed by atoms with van der Waals surface area (Å²) in [4.78, 5) is 26.1. The van der Waals surface area contributed by atoms with Crippen molar-refractivity contribution in [3.05, 3.63) is 40.8 Å². The molecule has 0 aliphatic carbocycles. The highest BCUT2D eigenvalue weighted by Gasteiger charge is 2.23. The summed E-state index contributed by atoms with van der Waals surface area (Å²) in [6.45, 7) is 9.30. The number of hydrogen-bond acceptors (Lipinski definition) is 7. The summed E-state index contributed by atoms with van der Waals surface area (Å²) in [6.07, 6.45) is 0.926. The van der Waals surface area contributed by atoms with Crippen molar-refractivity contribution in [1.29, 1.82) is 5.26 Å². The van der Waals surface area contributed by atoms with Crippen molar-refractivity contribution in [3.8, 4) is 6.07 Å². The Morgan fingerprint density at radius 3 is 2.57 bits per heavy atom. The lowest BCUT2D eigenvalue weighted by Gasteiger charge is -2.23. The highest BCUT2D eigenvalue weighted by Crippen LogP contribution is 2.35. The van der Waals surface area contributed by atoms with Gasteiger partial charge in [0.2, 0.25) is 0 Å². The third-order valence-corrected chi connectivity index (χ3v) is 7.68. The standard InChI is InChI=1S/C22H25N5OS2/c1-3-25(4-2)22-24-20-18(30-22)14-19(29-20)21(28)27-11-5-10-26(12-13-27)17-8-6-16(15-23)7-9-17/h6-9,14H,3-5,10-13H2,1-2H3. The number of thiazole rings is 1. The van der Waals surface area contributed by atoms with E-state index in [2.05, 4.69) is 29.7 Å². The average molecular weight is 440 g/mol. The summed E-state index contributed by atoms with van der Waals surface area (Å²) in [7, 11) is 0. The molecular formula is C22H25N5OS2. The van der Waals surface area contributed by atoms with E-state index in [1.807, 2.05) is 35.2 Å². The first-order valence-electron chi connectivity index (χ1n) is 10.3. The normalized spacial score (nSPS) is 14.6. The zero-order chi connectivity index (χ0) is 21.1. The Bertz CT molecular complexity index is 1030. The molecule has 1 amide bonds.